The van der Waals surface area contributed by atoms with Gasteiger partial charge < -0.3 is 14.6 Å². The molecular weight excluding hydrogens is 384 g/mol. The van der Waals surface area contributed by atoms with Crippen molar-refractivity contribution in [3.63, 3.8) is 0 Å². The average Bonchev–Trinajstić information content (AvgIpc) is 2.52. The summed E-state index contributed by atoms with van der Waals surface area (Å²) in [6.07, 6.45) is 2.60. The first-order chi connectivity index (χ1) is 11.0. The minimum absolute atomic E-state index is 0.380. The monoisotopic (exact) mass is 396 g/mol. The van der Waals surface area contributed by atoms with Crippen molar-refractivity contribution in [3.8, 4) is 11.5 Å². The number of hydrogen-bond donors (Lipinski definition) is 1. The Morgan fingerprint density at radius 1 is 1.13 bits per heavy atom. The molecule has 0 amide bonds. The van der Waals surface area contributed by atoms with E-state index >= 15 is 0 Å². The maximum atomic E-state index is 10.5. The molecule has 120 valence electrons. The first kappa shape index (κ1) is 17.4. The number of hydrogen-bond acceptors (Lipinski definition) is 3. The van der Waals surface area contributed by atoms with Crippen molar-refractivity contribution in [3.05, 3.63) is 63.6 Å². The van der Waals surface area contributed by atoms with Crippen molar-refractivity contribution in [1.29, 1.82) is 0 Å². The second-order valence-corrected chi connectivity index (χ2v) is 5.80. The highest BCUT2D eigenvalue weighted by Crippen LogP contribution is 2.26. The second kappa shape index (κ2) is 8.60. The molecule has 1 N–H and O–H groups in total. The van der Waals surface area contributed by atoms with E-state index in [-0.39, 0.29) is 0 Å². The quantitative estimate of drug-likeness (QED) is 0.545. The van der Waals surface area contributed by atoms with E-state index in [1.165, 1.54) is 6.08 Å². The van der Waals surface area contributed by atoms with E-state index in [0.29, 0.717) is 24.0 Å². The minimum atomic E-state index is -0.985. The lowest BCUT2D eigenvalue weighted by Crippen LogP contribution is -2.09. The molecule has 0 aliphatic rings. The average molecular weight is 398 g/mol. The molecule has 6 heteroatoms. The lowest BCUT2D eigenvalue weighted by atomic mass is 10.2. The molecule has 2 rings (SSSR count). The molecule has 0 unspecified atom stereocenters. The van der Waals surface area contributed by atoms with Gasteiger partial charge in [-0.3, -0.25) is 0 Å². The van der Waals surface area contributed by atoms with Crippen molar-refractivity contribution in [1.82, 2.24) is 0 Å². The molecule has 0 aromatic heterocycles. The Kier molecular flexibility index (Phi) is 6.50. The van der Waals surface area contributed by atoms with Crippen molar-refractivity contribution in [2.75, 3.05) is 13.2 Å². The first-order valence-corrected chi connectivity index (χ1v) is 7.93. The third-order valence-corrected chi connectivity index (χ3v) is 3.67. The van der Waals surface area contributed by atoms with Crippen LogP contribution in [0.25, 0.3) is 6.08 Å². The molecule has 0 saturated heterocycles. The Morgan fingerprint density at radius 3 is 2.48 bits per heavy atom. The SMILES string of the molecule is O=C(O)C=Cc1ccc(OCCOc2ccc(Cl)cc2)c(Br)c1. The smallest absolute Gasteiger partial charge is 0.328 e. The molecule has 23 heavy (non-hydrogen) atoms. The van der Waals surface area contributed by atoms with Crippen LogP contribution in [0.5, 0.6) is 11.5 Å². The fourth-order valence-corrected chi connectivity index (χ4v) is 2.38. The number of ether oxygens (including phenoxy) is 2. The van der Waals surface area contributed by atoms with E-state index in [0.717, 1.165) is 21.9 Å². The number of carboxylic acid groups (broad SMARTS) is 1. The van der Waals surface area contributed by atoms with Gasteiger partial charge in [0.25, 0.3) is 0 Å². The van der Waals surface area contributed by atoms with Crippen LogP contribution in [0.15, 0.2) is 53.0 Å². The second-order valence-electron chi connectivity index (χ2n) is 4.51. The van der Waals surface area contributed by atoms with Gasteiger partial charge in [0.15, 0.2) is 0 Å². The Hall–Kier alpha value is -1.98. The number of carboxylic acids is 1. The van der Waals surface area contributed by atoms with E-state index in [1.54, 1.807) is 42.5 Å². The standard InChI is InChI=1S/C17H14BrClO4/c18-15-11-12(2-8-17(20)21)1-7-16(15)23-10-9-22-14-5-3-13(19)4-6-14/h1-8,11H,9-10H2,(H,20,21). The van der Waals surface area contributed by atoms with Crippen LogP contribution in [0.1, 0.15) is 5.56 Å². The van der Waals surface area contributed by atoms with E-state index < -0.39 is 5.97 Å². The zero-order valence-electron chi connectivity index (χ0n) is 12.0. The number of benzene rings is 2. The zero-order valence-corrected chi connectivity index (χ0v) is 14.4. The third-order valence-electron chi connectivity index (χ3n) is 2.80. The van der Waals surface area contributed by atoms with Gasteiger partial charge in [-0.15, -0.1) is 0 Å². The number of carbonyl (C=O) groups is 1. The highest BCUT2D eigenvalue weighted by atomic mass is 79.9. The lowest BCUT2D eigenvalue weighted by Gasteiger charge is -2.10. The van der Waals surface area contributed by atoms with Gasteiger partial charge in [0.05, 0.1) is 4.47 Å². The van der Waals surface area contributed by atoms with E-state index in [4.69, 9.17) is 26.2 Å². The number of rotatable bonds is 7. The Morgan fingerprint density at radius 2 is 1.83 bits per heavy atom. The summed E-state index contributed by atoms with van der Waals surface area (Å²) in [5, 5.41) is 9.27. The summed E-state index contributed by atoms with van der Waals surface area (Å²) < 4.78 is 11.9. The normalized spacial score (nSPS) is 10.7. The van der Waals surface area contributed by atoms with E-state index in [1.807, 2.05) is 0 Å². The van der Waals surface area contributed by atoms with Gasteiger partial charge in [-0.2, -0.15) is 0 Å². The van der Waals surface area contributed by atoms with Crippen molar-refractivity contribution in [2.45, 2.75) is 0 Å². The van der Waals surface area contributed by atoms with Crippen LogP contribution < -0.4 is 9.47 Å². The van der Waals surface area contributed by atoms with Gasteiger partial charge >= 0.3 is 5.97 Å². The summed E-state index contributed by atoms with van der Waals surface area (Å²) in [5.41, 5.74) is 0.768. The summed E-state index contributed by atoms with van der Waals surface area (Å²) in [6.45, 7) is 0.778. The van der Waals surface area contributed by atoms with E-state index in [9.17, 15) is 4.79 Å². The van der Waals surface area contributed by atoms with Crippen LogP contribution in [0, 0.1) is 0 Å². The molecule has 0 spiro atoms. The van der Waals surface area contributed by atoms with Gasteiger partial charge in [0.2, 0.25) is 0 Å². The first-order valence-electron chi connectivity index (χ1n) is 6.76. The van der Waals surface area contributed by atoms with Crippen LogP contribution in [0.3, 0.4) is 0 Å². The minimum Gasteiger partial charge on any atom is -0.490 e. The van der Waals surface area contributed by atoms with Gasteiger partial charge in [-0.25, -0.2) is 4.79 Å². The maximum absolute atomic E-state index is 10.5. The van der Waals surface area contributed by atoms with E-state index in [2.05, 4.69) is 15.9 Å². The molecule has 0 fully saturated rings. The zero-order chi connectivity index (χ0) is 16.7. The predicted molar refractivity (Wildman–Crippen MR) is 93.3 cm³/mol. The van der Waals surface area contributed by atoms with Gasteiger partial charge in [-0.05, 0) is 64.0 Å². The van der Waals surface area contributed by atoms with Crippen LogP contribution in [-0.4, -0.2) is 24.3 Å². The summed E-state index contributed by atoms with van der Waals surface area (Å²) in [6, 6.07) is 12.4. The van der Waals surface area contributed by atoms with Gasteiger partial charge in [0.1, 0.15) is 24.7 Å². The van der Waals surface area contributed by atoms with Gasteiger partial charge in [-0.1, -0.05) is 17.7 Å². The van der Waals surface area contributed by atoms with Crippen LogP contribution in [0.4, 0.5) is 0 Å². The lowest BCUT2D eigenvalue weighted by molar-refractivity contribution is -0.131. The molecule has 0 heterocycles. The highest BCUT2D eigenvalue weighted by molar-refractivity contribution is 9.10. The van der Waals surface area contributed by atoms with Crippen LogP contribution in [0.2, 0.25) is 5.02 Å². The fourth-order valence-electron chi connectivity index (χ4n) is 1.75. The fraction of sp³-hybridized carbons (Fsp3) is 0.118. The molecule has 0 atom stereocenters. The van der Waals surface area contributed by atoms with Crippen molar-refractivity contribution >= 4 is 39.6 Å². The summed E-state index contributed by atoms with van der Waals surface area (Å²) in [5.74, 6) is 0.407. The van der Waals surface area contributed by atoms with Gasteiger partial charge in [0, 0.05) is 11.1 Å². The summed E-state index contributed by atoms with van der Waals surface area (Å²) in [7, 11) is 0. The van der Waals surface area contributed by atoms with Crippen LogP contribution >= 0.6 is 27.5 Å². The maximum Gasteiger partial charge on any atom is 0.328 e. The molecule has 0 aliphatic carbocycles. The van der Waals surface area contributed by atoms with Crippen LogP contribution in [-0.2, 0) is 4.79 Å². The third kappa shape index (κ3) is 5.96. The molecule has 2 aromatic rings. The topological polar surface area (TPSA) is 55.8 Å². The summed E-state index contributed by atoms with van der Waals surface area (Å²) >= 11 is 9.20. The molecule has 0 aliphatic heterocycles. The molecule has 4 nitrogen and oxygen atoms in total. The molecule has 2 aromatic carbocycles. The Bertz CT molecular complexity index is 698. The molecular formula is C17H14BrClO4. The van der Waals surface area contributed by atoms with Crippen molar-refractivity contribution < 1.29 is 19.4 Å². The number of halogens is 2. The Labute approximate surface area is 147 Å². The molecule has 0 saturated carbocycles. The summed E-state index contributed by atoms with van der Waals surface area (Å²) in [4.78, 5) is 10.5. The molecule has 0 radical (unpaired) electrons. The number of aliphatic carboxylic acids is 1. The molecule has 0 bridgehead atoms. The predicted octanol–water partition coefficient (Wildman–Crippen LogP) is 4.66. The highest BCUT2D eigenvalue weighted by Gasteiger charge is 2.02. The Balaban J connectivity index is 1.83. The van der Waals surface area contributed by atoms with Crippen molar-refractivity contribution in [2.24, 2.45) is 0 Å². The largest absolute Gasteiger partial charge is 0.490 e.